The first kappa shape index (κ1) is 19.7. The topological polar surface area (TPSA) is 70.5 Å². The first-order valence-corrected chi connectivity index (χ1v) is 9.07. The summed E-state index contributed by atoms with van der Waals surface area (Å²) in [6.45, 7) is 0.931. The average Bonchev–Trinajstić information content (AvgIpc) is 3.00. The van der Waals surface area contributed by atoms with Crippen molar-refractivity contribution >= 4 is 11.8 Å². The lowest BCUT2D eigenvalue weighted by Crippen LogP contribution is -2.58. The van der Waals surface area contributed by atoms with Crippen LogP contribution < -0.4 is 5.32 Å². The molecule has 1 N–H and O–H groups in total. The molecule has 1 saturated heterocycles. The molecule has 1 aromatic heterocycles. The van der Waals surface area contributed by atoms with E-state index < -0.39 is 17.9 Å². The van der Waals surface area contributed by atoms with Gasteiger partial charge in [0.15, 0.2) is 5.69 Å². The van der Waals surface area contributed by atoms with Gasteiger partial charge in [-0.25, -0.2) is 0 Å². The summed E-state index contributed by atoms with van der Waals surface area (Å²) in [4.78, 5) is 28.1. The number of rotatable bonds is 3. The number of nitrogens with zero attached hydrogens (tertiary/aromatic N) is 4. The van der Waals surface area contributed by atoms with E-state index >= 15 is 0 Å². The fraction of sp³-hybridized carbons (Fsp3) is 0.706. The maximum absolute atomic E-state index is 13.3. The Labute approximate surface area is 155 Å². The number of aromatic nitrogens is 2. The Hall–Kier alpha value is -2.10. The lowest BCUT2D eigenvalue weighted by molar-refractivity contribution is -0.143. The summed E-state index contributed by atoms with van der Waals surface area (Å²) in [6.07, 6.45) is -2.20. The number of carbonyl (C=O) groups is 2. The first-order valence-electron chi connectivity index (χ1n) is 9.07. The van der Waals surface area contributed by atoms with E-state index in [4.69, 9.17) is 0 Å². The Morgan fingerprint density at radius 1 is 1.22 bits per heavy atom. The van der Waals surface area contributed by atoms with Gasteiger partial charge in [-0.15, -0.1) is 0 Å². The van der Waals surface area contributed by atoms with Crippen LogP contribution in [0.15, 0.2) is 0 Å². The molecular formula is C17H24F3N5O2. The molecule has 0 bridgehead atoms. The SMILES string of the molecule is CNC(=O)C1CN(C(=O)Cn2nc(C(F)(F)F)c3c2CCCC3)CCN1C. The number of fused-ring (bicyclic) bond motifs is 1. The van der Waals surface area contributed by atoms with Crippen molar-refractivity contribution in [2.45, 2.75) is 44.4 Å². The van der Waals surface area contributed by atoms with E-state index in [9.17, 15) is 22.8 Å². The van der Waals surface area contributed by atoms with Crippen molar-refractivity contribution in [1.29, 1.82) is 0 Å². The highest BCUT2D eigenvalue weighted by atomic mass is 19.4. The summed E-state index contributed by atoms with van der Waals surface area (Å²) >= 11 is 0. The molecule has 0 spiro atoms. The van der Waals surface area contributed by atoms with Crippen molar-refractivity contribution in [1.82, 2.24) is 24.9 Å². The Balaban J connectivity index is 1.78. The van der Waals surface area contributed by atoms with Crippen LogP contribution in [0.1, 0.15) is 29.8 Å². The zero-order valence-electron chi connectivity index (χ0n) is 15.5. The maximum atomic E-state index is 13.3. The third-order valence-electron chi connectivity index (χ3n) is 5.36. The molecule has 1 aliphatic carbocycles. The van der Waals surface area contributed by atoms with Crippen LogP contribution in [0.3, 0.4) is 0 Å². The van der Waals surface area contributed by atoms with Crippen molar-refractivity contribution in [3.05, 3.63) is 17.0 Å². The summed E-state index contributed by atoms with van der Waals surface area (Å²) in [6, 6.07) is -0.468. The molecule has 1 atom stereocenters. The van der Waals surface area contributed by atoms with Crippen molar-refractivity contribution in [2.75, 3.05) is 33.7 Å². The predicted octanol–water partition coefficient (Wildman–Crippen LogP) is 0.669. The largest absolute Gasteiger partial charge is 0.435 e. The van der Waals surface area contributed by atoms with E-state index in [1.54, 1.807) is 7.05 Å². The summed E-state index contributed by atoms with van der Waals surface area (Å²) in [5.74, 6) is -0.507. The van der Waals surface area contributed by atoms with E-state index in [1.807, 2.05) is 4.90 Å². The molecule has 2 heterocycles. The number of halogens is 3. The summed E-state index contributed by atoms with van der Waals surface area (Å²) in [7, 11) is 3.34. The fourth-order valence-electron chi connectivity index (χ4n) is 3.81. The second kappa shape index (κ2) is 7.49. The van der Waals surface area contributed by atoms with E-state index in [-0.39, 0.29) is 30.5 Å². The Bertz CT molecular complexity index is 731. The fourth-order valence-corrected chi connectivity index (χ4v) is 3.81. The highest BCUT2D eigenvalue weighted by Gasteiger charge is 2.40. The van der Waals surface area contributed by atoms with Gasteiger partial charge in [-0.2, -0.15) is 18.3 Å². The number of hydrogen-bond donors (Lipinski definition) is 1. The molecule has 3 rings (SSSR count). The van der Waals surface area contributed by atoms with Gasteiger partial charge in [0.25, 0.3) is 0 Å². The van der Waals surface area contributed by atoms with Crippen LogP contribution in [0.5, 0.6) is 0 Å². The molecule has 0 aromatic carbocycles. The highest BCUT2D eigenvalue weighted by molar-refractivity contribution is 5.83. The van der Waals surface area contributed by atoms with Crippen LogP contribution in [0.4, 0.5) is 13.2 Å². The van der Waals surface area contributed by atoms with Crippen LogP contribution in [0, 0.1) is 0 Å². The average molecular weight is 387 g/mol. The lowest BCUT2D eigenvalue weighted by atomic mass is 9.95. The number of likely N-dealkylation sites (N-methyl/N-ethyl adjacent to an activating group) is 2. The smallest absolute Gasteiger partial charge is 0.358 e. The minimum atomic E-state index is -4.52. The number of piperazine rings is 1. The molecule has 0 radical (unpaired) electrons. The monoisotopic (exact) mass is 387 g/mol. The maximum Gasteiger partial charge on any atom is 0.435 e. The molecule has 10 heteroatoms. The molecule has 150 valence electrons. The van der Waals surface area contributed by atoms with Crippen LogP contribution in [0.25, 0.3) is 0 Å². The number of nitrogens with one attached hydrogen (secondary N) is 1. The molecule has 1 unspecified atom stereocenters. The highest BCUT2D eigenvalue weighted by Crippen LogP contribution is 2.35. The minimum absolute atomic E-state index is 0.189. The number of amides is 2. The molecule has 1 fully saturated rings. The zero-order chi connectivity index (χ0) is 19.8. The van der Waals surface area contributed by atoms with E-state index in [0.29, 0.717) is 38.0 Å². The number of alkyl halides is 3. The number of carbonyl (C=O) groups excluding carboxylic acids is 2. The lowest BCUT2D eigenvalue weighted by Gasteiger charge is -2.38. The van der Waals surface area contributed by atoms with E-state index in [0.717, 1.165) is 6.42 Å². The second-order valence-electron chi connectivity index (χ2n) is 7.09. The van der Waals surface area contributed by atoms with Gasteiger partial charge < -0.3 is 10.2 Å². The van der Waals surface area contributed by atoms with Gasteiger partial charge in [-0.1, -0.05) is 0 Å². The summed E-state index contributed by atoms with van der Waals surface area (Å²) in [5.41, 5.74) is -0.131. The normalized spacial score (nSPS) is 21.1. The van der Waals surface area contributed by atoms with Crippen molar-refractivity contribution < 1.29 is 22.8 Å². The molecule has 2 amide bonds. The molecular weight excluding hydrogens is 363 g/mol. The first-order chi connectivity index (χ1) is 12.7. The van der Waals surface area contributed by atoms with Crippen LogP contribution in [0.2, 0.25) is 0 Å². The third kappa shape index (κ3) is 3.95. The van der Waals surface area contributed by atoms with Gasteiger partial charge in [0.1, 0.15) is 12.6 Å². The predicted molar refractivity (Wildman–Crippen MR) is 90.9 cm³/mol. The summed E-state index contributed by atoms with van der Waals surface area (Å²) < 4.78 is 41.1. The quantitative estimate of drug-likeness (QED) is 0.828. The van der Waals surface area contributed by atoms with Crippen LogP contribution in [-0.4, -0.2) is 71.2 Å². The minimum Gasteiger partial charge on any atom is -0.358 e. The standard InChI is InChI=1S/C17H24F3N5O2/c1-21-16(27)13-9-24(8-7-23(13)2)14(26)10-25-12-6-4-3-5-11(12)15(22-25)17(18,19)20/h13H,3-10H2,1-2H3,(H,21,27). The third-order valence-corrected chi connectivity index (χ3v) is 5.36. The molecule has 7 nitrogen and oxygen atoms in total. The van der Waals surface area contributed by atoms with Crippen molar-refractivity contribution in [2.24, 2.45) is 0 Å². The van der Waals surface area contributed by atoms with Gasteiger partial charge in [-0.3, -0.25) is 19.2 Å². The van der Waals surface area contributed by atoms with Gasteiger partial charge in [0.05, 0.1) is 0 Å². The Kier molecular flexibility index (Phi) is 5.45. The van der Waals surface area contributed by atoms with Gasteiger partial charge in [0.2, 0.25) is 11.8 Å². The van der Waals surface area contributed by atoms with Crippen LogP contribution in [-0.2, 0) is 35.2 Å². The Morgan fingerprint density at radius 3 is 2.59 bits per heavy atom. The van der Waals surface area contributed by atoms with Gasteiger partial charge in [-0.05, 0) is 32.7 Å². The second-order valence-corrected chi connectivity index (χ2v) is 7.09. The molecule has 2 aliphatic rings. The molecule has 0 saturated carbocycles. The molecule has 1 aliphatic heterocycles. The van der Waals surface area contributed by atoms with Crippen molar-refractivity contribution in [3.63, 3.8) is 0 Å². The van der Waals surface area contributed by atoms with Crippen molar-refractivity contribution in [3.8, 4) is 0 Å². The van der Waals surface area contributed by atoms with E-state index in [2.05, 4.69) is 10.4 Å². The van der Waals surface area contributed by atoms with Crippen LogP contribution >= 0.6 is 0 Å². The molecule has 1 aromatic rings. The molecule has 27 heavy (non-hydrogen) atoms. The van der Waals surface area contributed by atoms with Gasteiger partial charge >= 0.3 is 6.18 Å². The summed E-state index contributed by atoms with van der Waals surface area (Å²) in [5, 5.41) is 6.31. The van der Waals surface area contributed by atoms with E-state index in [1.165, 1.54) is 16.6 Å². The number of hydrogen-bond acceptors (Lipinski definition) is 4. The van der Waals surface area contributed by atoms with Gasteiger partial charge in [0, 0.05) is 37.9 Å². The Morgan fingerprint density at radius 2 is 1.93 bits per heavy atom. The zero-order valence-corrected chi connectivity index (χ0v) is 15.5.